The molecule has 3 heterocycles. The van der Waals surface area contributed by atoms with Crippen molar-refractivity contribution in [1.82, 2.24) is 19.9 Å². The van der Waals surface area contributed by atoms with Crippen molar-refractivity contribution in [3.05, 3.63) is 42.6 Å². The Labute approximate surface area is 109 Å². The van der Waals surface area contributed by atoms with Crippen molar-refractivity contribution >= 4 is 5.91 Å². The van der Waals surface area contributed by atoms with Crippen LogP contribution in [0.2, 0.25) is 0 Å². The Morgan fingerprint density at radius 3 is 3.00 bits per heavy atom. The third-order valence-electron chi connectivity index (χ3n) is 2.91. The number of aromatic nitrogens is 3. The average molecular weight is 260 g/mol. The van der Waals surface area contributed by atoms with E-state index >= 15 is 0 Å². The van der Waals surface area contributed by atoms with Crippen LogP contribution in [0.3, 0.4) is 0 Å². The van der Waals surface area contributed by atoms with Crippen LogP contribution in [-0.2, 0) is 4.74 Å². The van der Waals surface area contributed by atoms with E-state index in [1.165, 1.54) is 12.6 Å². The van der Waals surface area contributed by atoms with Crippen molar-refractivity contribution in [3.8, 4) is 0 Å². The lowest BCUT2D eigenvalue weighted by molar-refractivity contribution is -0.0258. The molecule has 1 fully saturated rings. The van der Waals surface area contributed by atoms with Crippen LogP contribution in [0.25, 0.3) is 0 Å². The van der Waals surface area contributed by atoms with Gasteiger partial charge in [-0.25, -0.2) is 4.98 Å². The number of ether oxygens (including phenoxy) is 1. The number of hydrogen-bond donors (Lipinski definition) is 0. The molecule has 1 amide bonds. The molecule has 3 rings (SSSR count). The van der Waals surface area contributed by atoms with Gasteiger partial charge in [-0.1, -0.05) is 0 Å². The van der Waals surface area contributed by atoms with E-state index in [2.05, 4.69) is 15.0 Å². The summed E-state index contributed by atoms with van der Waals surface area (Å²) in [5, 5.41) is 0. The molecule has 2 aromatic heterocycles. The smallest absolute Gasteiger partial charge is 0.291 e. The molecule has 1 atom stereocenters. The van der Waals surface area contributed by atoms with E-state index < -0.39 is 0 Å². The second-order valence-corrected chi connectivity index (χ2v) is 4.11. The van der Waals surface area contributed by atoms with Crippen LogP contribution in [0.5, 0.6) is 0 Å². The van der Waals surface area contributed by atoms with Gasteiger partial charge in [-0.2, -0.15) is 0 Å². The maximum Gasteiger partial charge on any atom is 0.291 e. The Morgan fingerprint density at radius 1 is 1.32 bits per heavy atom. The minimum atomic E-state index is -0.255. The number of hydrogen-bond acceptors (Lipinski definition) is 6. The van der Waals surface area contributed by atoms with E-state index in [1.54, 1.807) is 23.5 Å². The van der Waals surface area contributed by atoms with Crippen molar-refractivity contribution < 1.29 is 13.9 Å². The highest BCUT2D eigenvalue weighted by Gasteiger charge is 2.28. The van der Waals surface area contributed by atoms with Gasteiger partial charge in [0.25, 0.3) is 5.91 Å². The van der Waals surface area contributed by atoms with Crippen molar-refractivity contribution in [1.29, 1.82) is 0 Å². The van der Waals surface area contributed by atoms with Gasteiger partial charge in [0, 0.05) is 18.9 Å². The Hall–Kier alpha value is -2.28. The number of carbonyl (C=O) groups is 1. The van der Waals surface area contributed by atoms with E-state index in [0.717, 1.165) is 5.69 Å². The van der Waals surface area contributed by atoms with Gasteiger partial charge in [-0.3, -0.25) is 14.8 Å². The number of carbonyl (C=O) groups excluding carboxylic acids is 1. The van der Waals surface area contributed by atoms with E-state index in [0.29, 0.717) is 19.7 Å². The molecule has 0 aromatic carbocycles. The molecule has 7 heteroatoms. The van der Waals surface area contributed by atoms with Crippen LogP contribution >= 0.6 is 0 Å². The molecule has 1 aliphatic heterocycles. The predicted molar refractivity (Wildman–Crippen MR) is 63.1 cm³/mol. The van der Waals surface area contributed by atoms with Crippen LogP contribution in [0.4, 0.5) is 0 Å². The quantitative estimate of drug-likeness (QED) is 0.789. The van der Waals surface area contributed by atoms with Gasteiger partial charge in [0.1, 0.15) is 6.10 Å². The third-order valence-corrected chi connectivity index (χ3v) is 2.91. The zero-order valence-corrected chi connectivity index (χ0v) is 10.1. The second kappa shape index (κ2) is 5.15. The summed E-state index contributed by atoms with van der Waals surface area (Å²) in [6.07, 6.45) is 7.25. The van der Waals surface area contributed by atoms with E-state index in [4.69, 9.17) is 9.15 Å². The molecule has 0 aliphatic carbocycles. The molecule has 0 radical (unpaired) electrons. The van der Waals surface area contributed by atoms with Crippen LogP contribution in [0.15, 0.2) is 35.6 Å². The summed E-state index contributed by atoms with van der Waals surface area (Å²) < 4.78 is 10.6. The molecule has 0 unspecified atom stereocenters. The number of rotatable bonds is 2. The van der Waals surface area contributed by atoms with Gasteiger partial charge < -0.3 is 14.1 Å². The van der Waals surface area contributed by atoms with Crippen LogP contribution in [0.1, 0.15) is 22.4 Å². The third kappa shape index (κ3) is 2.45. The maximum atomic E-state index is 12.1. The summed E-state index contributed by atoms with van der Waals surface area (Å²) in [4.78, 5) is 25.8. The first-order valence-electron chi connectivity index (χ1n) is 5.90. The molecule has 0 bridgehead atoms. The Balaban J connectivity index is 1.73. The largest absolute Gasteiger partial charge is 0.438 e. The average Bonchev–Trinajstić information content (AvgIpc) is 3.02. The van der Waals surface area contributed by atoms with Crippen molar-refractivity contribution in [2.24, 2.45) is 0 Å². The molecular formula is C12H12N4O3. The fourth-order valence-corrected chi connectivity index (χ4v) is 1.97. The lowest BCUT2D eigenvalue weighted by atomic mass is 10.2. The lowest BCUT2D eigenvalue weighted by Crippen LogP contribution is -2.42. The summed E-state index contributed by atoms with van der Waals surface area (Å²) in [6, 6.07) is 0. The molecule has 1 saturated heterocycles. The second-order valence-electron chi connectivity index (χ2n) is 4.11. The zero-order chi connectivity index (χ0) is 13.1. The first-order chi connectivity index (χ1) is 9.34. The summed E-state index contributed by atoms with van der Waals surface area (Å²) in [6.45, 7) is 1.41. The number of morpholine rings is 1. The minimum Gasteiger partial charge on any atom is -0.438 e. The molecule has 0 spiro atoms. The minimum absolute atomic E-state index is 0.185. The van der Waals surface area contributed by atoms with Crippen LogP contribution in [-0.4, -0.2) is 45.5 Å². The first-order valence-corrected chi connectivity index (χ1v) is 5.90. The molecule has 2 aromatic rings. The Bertz CT molecular complexity index is 543. The Kier molecular flexibility index (Phi) is 3.20. The number of amides is 1. The van der Waals surface area contributed by atoms with E-state index in [9.17, 15) is 4.79 Å². The van der Waals surface area contributed by atoms with Gasteiger partial charge >= 0.3 is 0 Å². The van der Waals surface area contributed by atoms with Crippen molar-refractivity contribution in [2.75, 3.05) is 19.7 Å². The Morgan fingerprint density at radius 2 is 2.26 bits per heavy atom. The SMILES string of the molecule is O=C(c1cnco1)N1CCO[C@@H](c2cnccn2)C1. The number of oxazole rings is 1. The molecule has 1 aliphatic rings. The monoisotopic (exact) mass is 260 g/mol. The molecular weight excluding hydrogens is 248 g/mol. The van der Waals surface area contributed by atoms with Crippen LogP contribution < -0.4 is 0 Å². The van der Waals surface area contributed by atoms with Gasteiger partial charge in [0.2, 0.25) is 5.76 Å². The maximum absolute atomic E-state index is 12.1. The lowest BCUT2D eigenvalue weighted by Gasteiger charge is -2.31. The zero-order valence-electron chi connectivity index (χ0n) is 10.1. The van der Waals surface area contributed by atoms with Gasteiger partial charge in [0.05, 0.1) is 31.2 Å². The predicted octanol–water partition coefficient (Wildman–Crippen LogP) is 0.678. The fourth-order valence-electron chi connectivity index (χ4n) is 1.97. The summed E-state index contributed by atoms with van der Waals surface area (Å²) in [5.41, 5.74) is 0.720. The highest BCUT2D eigenvalue weighted by atomic mass is 16.5. The van der Waals surface area contributed by atoms with Gasteiger partial charge in [-0.15, -0.1) is 0 Å². The summed E-state index contributed by atoms with van der Waals surface area (Å²) in [7, 11) is 0. The van der Waals surface area contributed by atoms with Crippen molar-refractivity contribution in [2.45, 2.75) is 6.10 Å². The van der Waals surface area contributed by atoms with Crippen LogP contribution in [0, 0.1) is 0 Å². The molecule has 98 valence electrons. The van der Waals surface area contributed by atoms with Gasteiger partial charge in [-0.05, 0) is 0 Å². The topological polar surface area (TPSA) is 81.4 Å². The van der Waals surface area contributed by atoms with E-state index in [1.807, 2.05) is 0 Å². The molecule has 19 heavy (non-hydrogen) atoms. The standard InChI is InChI=1S/C12H12N4O3/c17-12(10-6-14-8-19-10)16-3-4-18-11(7-16)9-5-13-1-2-15-9/h1-2,5-6,8,11H,3-4,7H2/t11-/m1/s1. The van der Waals surface area contributed by atoms with Crippen molar-refractivity contribution in [3.63, 3.8) is 0 Å². The normalized spacial score (nSPS) is 19.4. The summed E-state index contributed by atoms with van der Waals surface area (Å²) >= 11 is 0. The first kappa shape index (κ1) is 11.8. The highest BCUT2D eigenvalue weighted by Crippen LogP contribution is 2.20. The molecule has 7 nitrogen and oxygen atoms in total. The number of nitrogens with zero attached hydrogens (tertiary/aromatic N) is 4. The highest BCUT2D eigenvalue weighted by molar-refractivity contribution is 5.91. The molecule has 0 N–H and O–H groups in total. The van der Waals surface area contributed by atoms with E-state index in [-0.39, 0.29) is 17.8 Å². The van der Waals surface area contributed by atoms with Gasteiger partial charge in [0.15, 0.2) is 6.39 Å². The fraction of sp³-hybridized carbons (Fsp3) is 0.333. The summed E-state index contributed by atoms with van der Waals surface area (Å²) in [5.74, 6) is 0.0505. The molecule has 0 saturated carbocycles.